The van der Waals surface area contributed by atoms with Crippen molar-refractivity contribution in [2.45, 2.75) is 51.5 Å². The van der Waals surface area contributed by atoms with E-state index in [-0.39, 0.29) is 23.6 Å². The van der Waals surface area contributed by atoms with E-state index in [1.54, 1.807) is 12.1 Å². The van der Waals surface area contributed by atoms with Crippen LogP contribution in [0.15, 0.2) is 18.2 Å². The number of hydrogen-bond acceptors (Lipinski definition) is 2. The molecule has 0 aliphatic carbocycles. The average molecular weight is 303 g/mol. The summed E-state index contributed by atoms with van der Waals surface area (Å²) in [5, 5.41) is 1.11. The summed E-state index contributed by atoms with van der Waals surface area (Å²) in [6.07, 6.45) is 2.38. The summed E-state index contributed by atoms with van der Waals surface area (Å²) in [7, 11) is 1.42. The van der Waals surface area contributed by atoms with Gasteiger partial charge >= 0.3 is 5.97 Å². The van der Waals surface area contributed by atoms with Gasteiger partial charge < -0.3 is 9.30 Å². The minimum atomic E-state index is -0.188. The molecule has 0 fully saturated rings. The monoisotopic (exact) mass is 303 g/mol. The van der Waals surface area contributed by atoms with Gasteiger partial charge in [0.05, 0.1) is 19.0 Å². The van der Waals surface area contributed by atoms with Gasteiger partial charge in [-0.05, 0) is 42.5 Å². The number of aryl methyl sites for hydroxylation is 1. The summed E-state index contributed by atoms with van der Waals surface area (Å²) in [6, 6.07) is 5.40. The second-order valence-corrected chi connectivity index (χ2v) is 6.42. The van der Waals surface area contributed by atoms with Crippen molar-refractivity contribution >= 4 is 16.9 Å². The molecule has 0 bridgehead atoms. The van der Waals surface area contributed by atoms with Crippen LogP contribution in [0.5, 0.6) is 0 Å². The van der Waals surface area contributed by atoms with E-state index in [1.807, 2.05) is 0 Å². The van der Waals surface area contributed by atoms with Crippen LogP contribution in [0.2, 0.25) is 0 Å². The van der Waals surface area contributed by atoms with Crippen LogP contribution in [0.4, 0.5) is 4.39 Å². The fraction of sp³-hybridized carbons (Fsp3) is 0.500. The number of methoxy groups -OCH3 is 1. The summed E-state index contributed by atoms with van der Waals surface area (Å²) in [5.74, 6) is 0.0598. The number of hydrogen-bond donors (Lipinski definition) is 0. The Morgan fingerprint density at radius 1 is 1.41 bits per heavy atom. The first-order valence-corrected chi connectivity index (χ1v) is 7.90. The normalized spacial score (nSPS) is 17.8. The van der Waals surface area contributed by atoms with Crippen molar-refractivity contribution in [2.75, 3.05) is 7.11 Å². The van der Waals surface area contributed by atoms with E-state index in [0.29, 0.717) is 6.42 Å². The molecule has 3 nitrogen and oxygen atoms in total. The smallest absolute Gasteiger partial charge is 0.306 e. The third kappa shape index (κ3) is 2.51. The minimum absolute atomic E-state index is 0.164. The number of fused-ring (bicyclic) bond motifs is 3. The van der Waals surface area contributed by atoms with Crippen LogP contribution >= 0.6 is 0 Å². The van der Waals surface area contributed by atoms with E-state index in [1.165, 1.54) is 7.11 Å². The zero-order chi connectivity index (χ0) is 15.9. The zero-order valence-corrected chi connectivity index (χ0v) is 13.4. The highest BCUT2D eigenvalue weighted by molar-refractivity contribution is 5.86. The maximum atomic E-state index is 14.0. The standard InChI is InChI=1S/C18H22FNO2/c1-11(2)14-8-13(19)9-17-15(14)10-16-12(7-18(21)22-3)5-4-6-20(16)17/h8-12H,4-7H2,1-3H3. The number of nitrogens with zero attached hydrogens (tertiary/aromatic N) is 1. The molecule has 1 unspecified atom stereocenters. The molecule has 1 aliphatic rings. The highest BCUT2D eigenvalue weighted by Crippen LogP contribution is 2.38. The quantitative estimate of drug-likeness (QED) is 0.790. The number of carbonyl (C=O) groups excluding carboxylic acids is 1. The topological polar surface area (TPSA) is 31.2 Å². The summed E-state index contributed by atoms with van der Waals surface area (Å²) in [5.41, 5.74) is 3.13. The van der Waals surface area contributed by atoms with Crippen LogP contribution in [0.3, 0.4) is 0 Å². The van der Waals surface area contributed by atoms with Crippen molar-refractivity contribution in [2.24, 2.45) is 0 Å². The number of ether oxygens (including phenoxy) is 1. The molecule has 2 heterocycles. The predicted molar refractivity (Wildman–Crippen MR) is 84.6 cm³/mol. The molecule has 0 saturated heterocycles. The largest absolute Gasteiger partial charge is 0.469 e. The summed E-state index contributed by atoms with van der Waals surface area (Å²) in [6.45, 7) is 5.05. The van der Waals surface area contributed by atoms with Gasteiger partial charge in [0, 0.05) is 23.5 Å². The zero-order valence-electron chi connectivity index (χ0n) is 13.4. The molecule has 4 heteroatoms. The number of carbonyl (C=O) groups is 1. The molecule has 0 saturated carbocycles. The third-order valence-corrected chi connectivity index (χ3v) is 4.66. The van der Waals surface area contributed by atoms with Gasteiger partial charge in [-0.25, -0.2) is 4.39 Å². The Hall–Kier alpha value is -1.84. The summed E-state index contributed by atoms with van der Waals surface area (Å²) >= 11 is 0. The van der Waals surface area contributed by atoms with E-state index in [0.717, 1.165) is 41.5 Å². The number of aromatic nitrogens is 1. The van der Waals surface area contributed by atoms with E-state index in [2.05, 4.69) is 24.5 Å². The lowest BCUT2D eigenvalue weighted by molar-refractivity contribution is -0.141. The maximum absolute atomic E-state index is 14.0. The Kier molecular flexibility index (Phi) is 3.94. The molecule has 0 spiro atoms. The van der Waals surface area contributed by atoms with E-state index in [9.17, 15) is 9.18 Å². The third-order valence-electron chi connectivity index (χ3n) is 4.66. The molecule has 1 aromatic heterocycles. The van der Waals surface area contributed by atoms with Crippen molar-refractivity contribution in [1.29, 1.82) is 0 Å². The number of benzene rings is 1. The number of esters is 1. The molecule has 1 atom stereocenters. The highest BCUT2D eigenvalue weighted by atomic mass is 19.1. The Morgan fingerprint density at radius 3 is 2.86 bits per heavy atom. The van der Waals surface area contributed by atoms with Crippen molar-refractivity contribution in [1.82, 2.24) is 4.57 Å². The van der Waals surface area contributed by atoms with Gasteiger partial charge in [-0.3, -0.25) is 4.79 Å². The fourth-order valence-electron chi connectivity index (χ4n) is 3.57. The van der Waals surface area contributed by atoms with Crippen molar-refractivity contribution in [3.63, 3.8) is 0 Å². The average Bonchev–Trinajstić information content (AvgIpc) is 2.86. The second-order valence-electron chi connectivity index (χ2n) is 6.42. The van der Waals surface area contributed by atoms with Crippen molar-refractivity contribution < 1.29 is 13.9 Å². The highest BCUT2D eigenvalue weighted by Gasteiger charge is 2.26. The van der Waals surface area contributed by atoms with E-state index in [4.69, 9.17) is 4.74 Å². The molecule has 1 aromatic carbocycles. The Bertz CT molecular complexity index is 717. The molecule has 22 heavy (non-hydrogen) atoms. The van der Waals surface area contributed by atoms with Crippen LogP contribution in [0, 0.1) is 5.82 Å². The van der Waals surface area contributed by atoms with Crippen LogP contribution in [0.25, 0.3) is 10.9 Å². The van der Waals surface area contributed by atoms with Crippen LogP contribution in [-0.2, 0) is 16.1 Å². The first-order valence-electron chi connectivity index (χ1n) is 7.90. The van der Waals surface area contributed by atoms with Crippen molar-refractivity contribution in [3.8, 4) is 0 Å². The molecule has 118 valence electrons. The molecular weight excluding hydrogens is 281 g/mol. The Morgan fingerprint density at radius 2 is 2.18 bits per heavy atom. The van der Waals surface area contributed by atoms with Crippen molar-refractivity contribution in [3.05, 3.63) is 35.3 Å². The molecule has 3 rings (SSSR count). The molecular formula is C18H22FNO2. The van der Waals surface area contributed by atoms with Crippen LogP contribution in [0.1, 0.15) is 56.2 Å². The lowest BCUT2D eigenvalue weighted by Gasteiger charge is -2.24. The minimum Gasteiger partial charge on any atom is -0.469 e. The van der Waals surface area contributed by atoms with Gasteiger partial charge in [0.25, 0.3) is 0 Å². The van der Waals surface area contributed by atoms with Gasteiger partial charge in [0.1, 0.15) is 5.82 Å². The summed E-state index contributed by atoms with van der Waals surface area (Å²) in [4.78, 5) is 11.6. The Labute approximate surface area is 130 Å². The fourth-order valence-corrected chi connectivity index (χ4v) is 3.57. The molecule has 0 radical (unpaired) electrons. The van der Waals surface area contributed by atoms with Gasteiger partial charge in [-0.2, -0.15) is 0 Å². The number of halogens is 1. The molecule has 2 aromatic rings. The lowest BCUT2D eigenvalue weighted by atomic mass is 9.92. The van der Waals surface area contributed by atoms with Crippen LogP contribution < -0.4 is 0 Å². The molecule has 1 aliphatic heterocycles. The predicted octanol–water partition coefficient (Wildman–Crippen LogP) is 4.34. The SMILES string of the molecule is COC(=O)CC1CCCn2c1cc1c(C(C)C)cc(F)cc12. The van der Waals surface area contributed by atoms with Gasteiger partial charge in [0.15, 0.2) is 0 Å². The molecule has 0 N–H and O–H groups in total. The van der Waals surface area contributed by atoms with Crippen LogP contribution in [-0.4, -0.2) is 17.6 Å². The van der Waals surface area contributed by atoms with Gasteiger partial charge in [0.2, 0.25) is 0 Å². The van der Waals surface area contributed by atoms with E-state index >= 15 is 0 Å². The Balaban J connectivity index is 2.14. The second kappa shape index (κ2) is 5.75. The van der Waals surface area contributed by atoms with Gasteiger partial charge in [-0.15, -0.1) is 0 Å². The first kappa shape index (κ1) is 15.1. The van der Waals surface area contributed by atoms with E-state index < -0.39 is 0 Å². The first-order chi connectivity index (χ1) is 10.5. The molecule has 0 amide bonds. The van der Waals surface area contributed by atoms with Gasteiger partial charge in [-0.1, -0.05) is 13.8 Å². The number of rotatable bonds is 3. The summed E-state index contributed by atoms with van der Waals surface area (Å²) < 4.78 is 21.0. The lowest BCUT2D eigenvalue weighted by Crippen LogP contribution is -2.18. The maximum Gasteiger partial charge on any atom is 0.306 e.